The van der Waals surface area contributed by atoms with Crippen LogP contribution in [0.15, 0.2) is 0 Å². The maximum absolute atomic E-state index is 13.7. The van der Waals surface area contributed by atoms with Gasteiger partial charge in [-0.25, -0.2) is 16.1 Å². The number of nitrogens with one attached hydrogen (secondary N) is 2. The molecule has 1 rings (SSSR count). The zero-order chi connectivity index (χ0) is 17.6. The summed E-state index contributed by atoms with van der Waals surface area (Å²) >= 11 is 16.9. The van der Waals surface area contributed by atoms with Gasteiger partial charge < -0.3 is 5.11 Å². The minimum atomic E-state index is -1.18. The van der Waals surface area contributed by atoms with E-state index in [0.29, 0.717) is 0 Å². The Bertz CT molecular complexity index is 580. The lowest BCUT2D eigenvalue weighted by molar-refractivity contribution is -0.134. The van der Waals surface area contributed by atoms with E-state index in [1.54, 1.807) is 10.9 Å². The van der Waals surface area contributed by atoms with Crippen molar-refractivity contribution in [3.05, 3.63) is 32.0 Å². The van der Waals surface area contributed by atoms with Crippen molar-refractivity contribution in [2.75, 3.05) is 0 Å². The Morgan fingerprint density at radius 3 is 1.45 bits per heavy atom. The van der Waals surface area contributed by atoms with Crippen molar-refractivity contribution in [1.82, 2.24) is 10.9 Å². The molecule has 122 valence electrons. The molecule has 1 aromatic carbocycles. The summed E-state index contributed by atoms with van der Waals surface area (Å²) in [6, 6.07) is 0. The quantitative estimate of drug-likeness (QED) is 0.172. The zero-order valence-electron chi connectivity index (χ0n) is 10.8. The van der Waals surface area contributed by atoms with Crippen LogP contribution in [0.5, 0.6) is 0 Å². The molecular formula is C10H10Cl3FN4O4. The van der Waals surface area contributed by atoms with Gasteiger partial charge in [0, 0.05) is 6.92 Å². The Balaban J connectivity index is 0.000000980. The number of carboxylic acids is 1. The summed E-state index contributed by atoms with van der Waals surface area (Å²) in [5.41, 5.74) is 2.40. The van der Waals surface area contributed by atoms with Crippen molar-refractivity contribution < 1.29 is 23.9 Å². The Kier molecular flexibility index (Phi) is 8.06. The monoisotopic (exact) mass is 374 g/mol. The summed E-state index contributed by atoms with van der Waals surface area (Å²) in [5, 5.41) is 5.65. The number of hydrogen-bond donors (Lipinski definition) is 5. The molecule has 2 amide bonds. The lowest BCUT2D eigenvalue weighted by Gasteiger charge is -2.12. The molecule has 7 N–H and O–H groups in total. The third kappa shape index (κ3) is 4.68. The lowest BCUT2D eigenvalue weighted by atomic mass is 10.1. The largest absolute Gasteiger partial charge is 0.481 e. The Labute approximate surface area is 138 Å². The van der Waals surface area contributed by atoms with E-state index in [-0.39, 0.29) is 0 Å². The van der Waals surface area contributed by atoms with E-state index >= 15 is 0 Å². The molecule has 22 heavy (non-hydrogen) atoms. The van der Waals surface area contributed by atoms with Gasteiger partial charge in [0.1, 0.15) is 0 Å². The summed E-state index contributed by atoms with van der Waals surface area (Å²) in [7, 11) is 0. The first-order valence-corrected chi connectivity index (χ1v) is 6.30. The third-order valence-corrected chi connectivity index (χ3v) is 3.07. The van der Waals surface area contributed by atoms with E-state index < -0.39 is 49.8 Å². The SMILES string of the molecule is CC(=O)O.NNC(=O)c1c(Cl)c(F)c(Cl)c(C(=O)NN)c1Cl. The number of benzene rings is 1. The molecule has 12 heteroatoms. The maximum Gasteiger partial charge on any atom is 0.300 e. The highest BCUT2D eigenvalue weighted by Gasteiger charge is 2.28. The number of carbonyl (C=O) groups is 3. The second kappa shape index (κ2) is 8.71. The van der Waals surface area contributed by atoms with E-state index in [4.69, 9.17) is 56.4 Å². The minimum Gasteiger partial charge on any atom is -0.481 e. The van der Waals surface area contributed by atoms with Crippen LogP contribution >= 0.6 is 34.8 Å². The number of nitrogen functional groups attached to an aromatic ring is 2. The fourth-order valence-corrected chi connectivity index (χ4v) is 2.23. The van der Waals surface area contributed by atoms with E-state index in [9.17, 15) is 14.0 Å². The van der Waals surface area contributed by atoms with Crippen LogP contribution in [0.3, 0.4) is 0 Å². The van der Waals surface area contributed by atoms with Crippen LogP contribution in [0.1, 0.15) is 27.6 Å². The molecule has 0 bridgehead atoms. The molecule has 0 aliphatic heterocycles. The molecule has 0 radical (unpaired) electrons. The highest BCUT2D eigenvalue weighted by molar-refractivity contribution is 6.45. The van der Waals surface area contributed by atoms with Gasteiger partial charge in [0.2, 0.25) is 0 Å². The minimum absolute atomic E-state index is 0.461. The summed E-state index contributed by atoms with van der Waals surface area (Å²) in [4.78, 5) is 31.8. The first kappa shape index (κ1) is 20.3. The molecule has 0 aliphatic rings. The summed E-state index contributed by atoms with van der Waals surface area (Å²) in [6.07, 6.45) is 0. The van der Waals surface area contributed by atoms with Crippen LogP contribution in [0.4, 0.5) is 4.39 Å². The summed E-state index contributed by atoms with van der Waals surface area (Å²) < 4.78 is 13.7. The van der Waals surface area contributed by atoms with Gasteiger partial charge in [-0.2, -0.15) is 0 Å². The van der Waals surface area contributed by atoms with Crippen LogP contribution in [-0.4, -0.2) is 22.9 Å². The van der Waals surface area contributed by atoms with Crippen LogP contribution in [0, 0.1) is 5.82 Å². The molecule has 0 saturated carbocycles. The number of halogens is 4. The molecule has 0 saturated heterocycles. The van der Waals surface area contributed by atoms with Crippen molar-refractivity contribution in [2.24, 2.45) is 11.7 Å². The summed E-state index contributed by atoms with van der Waals surface area (Å²) in [5.74, 6) is 5.81. The number of aliphatic carboxylic acids is 1. The number of rotatable bonds is 2. The number of hydrogen-bond acceptors (Lipinski definition) is 5. The number of hydrazine groups is 2. The van der Waals surface area contributed by atoms with Crippen LogP contribution < -0.4 is 22.5 Å². The van der Waals surface area contributed by atoms with Gasteiger partial charge in [-0.05, 0) is 0 Å². The maximum atomic E-state index is 13.7. The smallest absolute Gasteiger partial charge is 0.300 e. The van der Waals surface area contributed by atoms with Gasteiger partial charge in [0.05, 0.1) is 26.2 Å². The molecule has 1 aromatic rings. The lowest BCUT2D eigenvalue weighted by Crippen LogP contribution is -2.33. The molecule has 0 spiro atoms. The Morgan fingerprint density at radius 1 is 0.955 bits per heavy atom. The van der Waals surface area contributed by atoms with Crippen molar-refractivity contribution in [3.63, 3.8) is 0 Å². The predicted octanol–water partition coefficient (Wildman–Crippen LogP) is 1.08. The second-order valence-corrected chi connectivity index (χ2v) is 4.61. The van der Waals surface area contributed by atoms with E-state index in [1.165, 1.54) is 0 Å². The van der Waals surface area contributed by atoms with Crippen molar-refractivity contribution in [3.8, 4) is 0 Å². The standard InChI is InChI=1S/C8H6Cl3FN4O2.C2H4O2/c9-3-1(7(17)15-13)4(10)6(12)5(11)2(3)8(18)16-14;1-2(3)4/h13-14H2,(H,15,17)(H,16,18);1H3,(H,3,4). The highest BCUT2D eigenvalue weighted by Crippen LogP contribution is 2.36. The number of nitrogens with two attached hydrogens (primary N) is 2. The van der Waals surface area contributed by atoms with Crippen LogP contribution in [0.2, 0.25) is 15.1 Å². The fraction of sp³-hybridized carbons (Fsp3) is 0.100. The molecule has 8 nitrogen and oxygen atoms in total. The molecule has 0 aromatic heterocycles. The number of carboxylic acid groups (broad SMARTS) is 1. The van der Waals surface area contributed by atoms with E-state index in [2.05, 4.69) is 0 Å². The zero-order valence-corrected chi connectivity index (χ0v) is 13.1. The number of amides is 2. The Hall–Kier alpha value is -1.65. The van der Waals surface area contributed by atoms with Gasteiger partial charge >= 0.3 is 0 Å². The third-order valence-electron chi connectivity index (χ3n) is 1.98. The molecule has 0 atom stereocenters. The van der Waals surface area contributed by atoms with Crippen molar-refractivity contribution in [1.29, 1.82) is 0 Å². The molecular weight excluding hydrogens is 365 g/mol. The topological polar surface area (TPSA) is 148 Å². The highest BCUT2D eigenvalue weighted by atomic mass is 35.5. The van der Waals surface area contributed by atoms with Gasteiger partial charge in [0.25, 0.3) is 17.8 Å². The fourth-order valence-electron chi connectivity index (χ4n) is 1.18. The number of carbonyl (C=O) groups excluding carboxylic acids is 2. The summed E-state index contributed by atoms with van der Waals surface area (Å²) in [6.45, 7) is 1.08. The van der Waals surface area contributed by atoms with Gasteiger partial charge in [-0.15, -0.1) is 0 Å². The van der Waals surface area contributed by atoms with Crippen molar-refractivity contribution >= 4 is 52.6 Å². The average molecular weight is 376 g/mol. The molecule has 0 fully saturated rings. The van der Waals surface area contributed by atoms with Gasteiger partial charge in [-0.3, -0.25) is 25.2 Å². The van der Waals surface area contributed by atoms with Gasteiger partial charge in [0.15, 0.2) is 5.82 Å². The van der Waals surface area contributed by atoms with Crippen LogP contribution in [0.25, 0.3) is 0 Å². The molecule has 0 unspecified atom stereocenters. The van der Waals surface area contributed by atoms with Crippen LogP contribution in [-0.2, 0) is 4.79 Å². The second-order valence-electron chi connectivity index (χ2n) is 3.47. The predicted molar refractivity (Wildman–Crippen MR) is 78.0 cm³/mol. The van der Waals surface area contributed by atoms with Crippen molar-refractivity contribution in [2.45, 2.75) is 6.92 Å². The van der Waals surface area contributed by atoms with E-state index in [0.717, 1.165) is 6.92 Å². The van der Waals surface area contributed by atoms with Gasteiger partial charge in [-0.1, -0.05) is 34.8 Å². The molecule has 0 aliphatic carbocycles. The van der Waals surface area contributed by atoms with E-state index in [1.807, 2.05) is 0 Å². The first-order chi connectivity index (χ1) is 10.1. The molecule has 0 heterocycles. The normalized spacial score (nSPS) is 9.41. The average Bonchev–Trinajstić information content (AvgIpc) is 2.44. The first-order valence-electron chi connectivity index (χ1n) is 5.17. The Morgan fingerprint density at radius 2 is 1.23 bits per heavy atom.